The molecule has 1 amide bonds. The Labute approximate surface area is 161 Å². The maximum atomic E-state index is 13.0. The average Bonchev–Trinajstić information content (AvgIpc) is 2.91. The van der Waals surface area contributed by atoms with Crippen molar-refractivity contribution in [2.75, 3.05) is 26.2 Å². The number of hydrogen-bond donors (Lipinski definition) is 0. The van der Waals surface area contributed by atoms with Crippen LogP contribution in [0.4, 0.5) is 0 Å². The Morgan fingerprint density at radius 3 is 2.23 bits per heavy atom. The molecule has 1 aromatic carbocycles. The van der Waals surface area contributed by atoms with E-state index in [1.165, 1.54) is 5.56 Å². The maximum absolute atomic E-state index is 13.0. The molecule has 2 heterocycles. The molecule has 1 aliphatic heterocycles. The van der Waals surface area contributed by atoms with Crippen LogP contribution in [-0.2, 0) is 6.54 Å². The molecule has 26 heavy (non-hydrogen) atoms. The number of aryl methyl sites for hydroxylation is 1. The van der Waals surface area contributed by atoms with Gasteiger partial charge in [-0.3, -0.25) is 9.69 Å². The van der Waals surface area contributed by atoms with Gasteiger partial charge in [-0.1, -0.05) is 23.7 Å². The minimum Gasteiger partial charge on any atom is -0.346 e. The Morgan fingerprint density at radius 2 is 1.69 bits per heavy atom. The van der Waals surface area contributed by atoms with Crippen molar-refractivity contribution in [2.24, 2.45) is 0 Å². The van der Waals surface area contributed by atoms with Crippen molar-refractivity contribution in [2.45, 2.75) is 40.3 Å². The summed E-state index contributed by atoms with van der Waals surface area (Å²) in [5.74, 6) is 0.163. The summed E-state index contributed by atoms with van der Waals surface area (Å²) in [6.45, 7) is 12.7. The van der Waals surface area contributed by atoms with E-state index in [4.69, 9.17) is 11.6 Å². The minimum atomic E-state index is 0.163. The van der Waals surface area contributed by atoms with Gasteiger partial charge in [-0.25, -0.2) is 0 Å². The molecule has 0 saturated carbocycles. The summed E-state index contributed by atoms with van der Waals surface area (Å²) in [4.78, 5) is 17.4. The van der Waals surface area contributed by atoms with Gasteiger partial charge in [0.1, 0.15) is 0 Å². The van der Waals surface area contributed by atoms with E-state index in [0.717, 1.165) is 54.7 Å². The van der Waals surface area contributed by atoms with Gasteiger partial charge in [0.25, 0.3) is 5.91 Å². The Hall–Kier alpha value is -1.78. The summed E-state index contributed by atoms with van der Waals surface area (Å²) in [5.41, 5.74) is 4.34. The zero-order chi connectivity index (χ0) is 18.8. The summed E-state index contributed by atoms with van der Waals surface area (Å²) < 4.78 is 2.24. The van der Waals surface area contributed by atoms with Gasteiger partial charge in [-0.2, -0.15) is 0 Å². The van der Waals surface area contributed by atoms with Gasteiger partial charge < -0.3 is 9.47 Å². The second-order valence-corrected chi connectivity index (χ2v) is 7.88. The Kier molecular flexibility index (Phi) is 5.73. The van der Waals surface area contributed by atoms with Crippen LogP contribution < -0.4 is 0 Å². The third-order valence-corrected chi connectivity index (χ3v) is 5.46. The van der Waals surface area contributed by atoms with E-state index < -0.39 is 0 Å². The highest BCUT2D eigenvalue weighted by atomic mass is 35.5. The zero-order valence-electron chi connectivity index (χ0n) is 16.1. The highest BCUT2D eigenvalue weighted by Gasteiger charge is 2.25. The summed E-state index contributed by atoms with van der Waals surface area (Å²) in [6, 6.07) is 10.4. The number of carbonyl (C=O) groups excluding carboxylic acids is 1. The molecule has 0 N–H and O–H groups in total. The number of halogens is 1. The fourth-order valence-electron chi connectivity index (χ4n) is 3.92. The van der Waals surface area contributed by atoms with E-state index in [1.54, 1.807) is 0 Å². The largest absolute Gasteiger partial charge is 0.346 e. The van der Waals surface area contributed by atoms with Crippen LogP contribution in [0.3, 0.4) is 0 Å². The van der Waals surface area contributed by atoms with E-state index in [1.807, 2.05) is 23.1 Å². The van der Waals surface area contributed by atoms with Crippen LogP contribution in [-0.4, -0.2) is 46.5 Å². The van der Waals surface area contributed by atoms with Gasteiger partial charge >= 0.3 is 0 Å². The van der Waals surface area contributed by atoms with Crippen molar-refractivity contribution in [3.05, 3.63) is 57.9 Å². The first-order chi connectivity index (χ1) is 12.4. The third-order valence-electron chi connectivity index (χ3n) is 5.21. The lowest BCUT2D eigenvalue weighted by atomic mass is 10.1. The Balaban J connectivity index is 1.62. The predicted molar refractivity (Wildman–Crippen MR) is 107 cm³/mol. The molecule has 0 atom stereocenters. The number of nitrogens with zero attached hydrogens (tertiary/aromatic N) is 3. The lowest BCUT2D eigenvalue weighted by Gasteiger charge is -2.34. The number of benzene rings is 1. The molecule has 0 spiro atoms. The average molecular weight is 374 g/mol. The van der Waals surface area contributed by atoms with Gasteiger partial charge in [0.15, 0.2) is 0 Å². The topological polar surface area (TPSA) is 28.5 Å². The molecule has 0 aliphatic carbocycles. The van der Waals surface area contributed by atoms with Crippen molar-refractivity contribution < 1.29 is 4.79 Å². The van der Waals surface area contributed by atoms with Crippen LogP contribution in [0.2, 0.25) is 5.02 Å². The lowest BCUT2D eigenvalue weighted by molar-refractivity contribution is 0.0627. The molecule has 0 bridgehead atoms. The zero-order valence-corrected chi connectivity index (χ0v) is 16.9. The molecule has 3 rings (SSSR count). The second kappa shape index (κ2) is 7.85. The number of rotatable bonds is 4. The predicted octanol–water partition coefficient (Wildman–Crippen LogP) is 4.30. The normalized spacial score (nSPS) is 15.7. The van der Waals surface area contributed by atoms with E-state index in [2.05, 4.69) is 49.3 Å². The summed E-state index contributed by atoms with van der Waals surface area (Å²) in [7, 11) is 0. The molecule has 1 fully saturated rings. The van der Waals surface area contributed by atoms with Crippen LogP contribution in [0.25, 0.3) is 0 Å². The van der Waals surface area contributed by atoms with E-state index in [0.29, 0.717) is 6.04 Å². The maximum Gasteiger partial charge on any atom is 0.255 e. The number of hydrogen-bond acceptors (Lipinski definition) is 2. The van der Waals surface area contributed by atoms with Crippen LogP contribution in [0.1, 0.15) is 47.2 Å². The van der Waals surface area contributed by atoms with Crippen LogP contribution >= 0.6 is 11.6 Å². The molecular formula is C21H28ClN3O. The van der Waals surface area contributed by atoms with E-state index in [9.17, 15) is 4.79 Å². The van der Waals surface area contributed by atoms with Gasteiger partial charge in [-0.05, 0) is 51.5 Å². The van der Waals surface area contributed by atoms with Gasteiger partial charge in [0.05, 0.1) is 5.56 Å². The van der Waals surface area contributed by atoms with Crippen molar-refractivity contribution in [3.63, 3.8) is 0 Å². The van der Waals surface area contributed by atoms with Crippen molar-refractivity contribution in [3.8, 4) is 0 Å². The molecule has 0 radical (unpaired) electrons. The first-order valence-corrected chi connectivity index (χ1v) is 9.69. The fraction of sp³-hybridized carbons (Fsp3) is 0.476. The molecule has 1 saturated heterocycles. The molecule has 0 unspecified atom stereocenters. The summed E-state index contributed by atoms with van der Waals surface area (Å²) in [5, 5.41) is 0.767. The highest BCUT2D eigenvalue weighted by Crippen LogP contribution is 2.22. The summed E-state index contributed by atoms with van der Waals surface area (Å²) >= 11 is 5.95. The second-order valence-electron chi connectivity index (χ2n) is 7.44. The SMILES string of the molecule is Cc1cc(C(=O)N2CCN(Cc3ccc(Cl)cc3)CC2)c(C)n1C(C)C. The minimum absolute atomic E-state index is 0.163. The highest BCUT2D eigenvalue weighted by molar-refractivity contribution is 6.30. The monoisotopic (exact) mass is 373 g/mol. The molecule has 2 aromatic rings. The molecule has 5 heteroatoms. The van der Waals surface area contributed by atoms with Gasteiger partial charge in [0, 0.05) is 55.2 Å². The first kappa shape index (κ1) is 19.0. The summed E-state index contributed by atoms with van der Waals surface area (Å²) in [6.07, 6.45) is 0. The van der Waals surface area contributed by atoms with Gasteiger partial charge in [0.2, 0.25) is 0 Å². The third kappa shape index (κ3) is 3.97. The van der Waals surface area contributed by atoms with Crippen LogP contribution in [0.5, 0.6) is 0 Å². The van der Waals surface area contributed by atoms with E-state index in [-0.39, 0.29) is 5.91 Å². The lowest BCUT2D eigenvalue weighted by Crippen LogP contribution is -2.48. The molecule has 1 aliphatic rings. The van der Waals surface area contributed by atoms with Gasteiger partial charge in [-0.15, -0.1) is 0 Å². The number of aromatic nitrogens is 1. The number of carbonyl (C=O) groups is 1. The first-order valence-electron chi connectivity index (χ1n) is 9.31. The fourth-order valence-corrected chi connectivity index (χ4v) is 4.04. The Morgan fingerprint density at radius 1 is 1.08 bits per heavy atom. The van der Waals surface area contributed by atoms with Crippen molar-refractivity contribution in [1.82, 2.24) is 14.4 Å². The molecule has 140 valence electrons. The van der Waals surface area contributed by atoms with Crippen LogP contribution in [0.15, 0.2) is 30.3 Å². The molecular weight excluding hydrogens is 346 g/mol. The van der Waals surface area contributed by atoms with Crippen molar-refractivity contribution in [1.29, 1.82) is 0 Å². The van der Waals surface area contributed by atoms with Crippen molar-refractivity contribution >= 4 is 17.5 Å². The number of piperazine rings is 1. The number of amides is 1. The quantitative estimate of drug-likeness (QED) is 0.799. The molecule has 4 nitrogen and oxygen atoms in total. The van der Waals surface area contributed by atoms with E-state index >= 15 is 0 Å². The smallest absolute Gasteiger partial charge is 0.255 e. The van der Waals surface area contributed by atoms with Crippen LogP contribution in [0, 0.1) is 13.8 Å². The standard InChI is InChI=1S/C21H28ClN3O/c1-15(2)25-16(3)13-20(17(25)4)21(26)24-11-9-23(10-12-24)14-18-5-7-19(22)8-6-18/h5-8,13,15H,9-12,14H2,1-4H3. The Bertz CT molecular complexity index is 771. The molecule has 1 aromatic heterocycles.